The van der Waals surface area contributed by atoms with Crippen LogP contribution in [0.1, 0.15) is 44.1 Å². The third kappa shape index (κ3) is 5.09. The number of nitrogens with zero attached hydrogens (tertiary/aromatic N) is 5. The normalized spacial score (nSPS) is 25.1. The minimum absolute atomic E-state index is 0. The molecule has 0 aromatic carbocycles. The molecule has 0 amide bonds. The third-order valence-electron chi connectivity index (χ3n) is 5.55. The molecule has 6 nitrogen and oxygen atoms in total. The summed E-state index contributed by atoms with van der Waals surface area (Å²) < 4.78 is 1.90. The molecule has 0 bridgehead atoms. The molecule has 142 valence electrons. The van der Waals surface area contributed by atoms with Gasteiger partial charge in [-0.2, -0.15) is 5.10 Å². The second-order valence-electron chi connectivity index (χ2n) is 7.09. The van der Waals surface area contributed by atoms with Crippen LogP contribution in [0.2, 0.25) is 0 Å². The molecule has 2 unspecified atom stereocenters. The number of likely N-dealkylation sites (tertiary alicyclic amines) is 2. The van der Waals surface area contributed by atoms with Gasteiger partial charge in [-0.1, -0.05) is 13.3 Å². The predicted octanol–water partition coefficient (Wildman–Crippen LogP) is 2.28. The van der Waals surface area contributed by atoms with Crippen LogP contribution in [0.4, 0.5) is 0 Å². The minimum atomic E-state index is 0. The van der Waals surface area contributed by atoms with Crippen molar-refractivity contribution in [1.82, 2.24) is 24.9 Å². The van der Waals surface area contributed by atoms with Crippen molar-refractivity contribution >= 4 is 29.9 Å². The summed E-state index contributed by atoms with van der Waals surface area (Å²) in [7, 11) is 3.89. The van der Waals surface area contributed by atoms with Crippen molar-refractivity contribution in [3.63, 3.8) is 0 Å². The number of aliphatic imine (C=N–C) groups is 1. The highest BCUT2D eigenvalue weighted by Gasteiger charge is 2.28. The van der Waals surface area contributed by atoms with Crippen molar-refractivity contribution in [2.24, 2.45) is 12.0 Å². The van der Waals surface area contributed by atoms with Gasteiger partial charge in [-0.05, 0) is 37.9 Å². The van der Waals surface area contributed by atoms with E-state index in [1.807, 2.05) is 25.0 Å². The van der Waals surface area contributed by atoms with Crippen molar-refractivity contribution in [1.29, 1.82) is 0 Å². The molecule has 3 heterocycles. The van der Waals surface area contributed by atoms with E-state index in [2.05, 4.69) is 38.3 Å². The van der Waals surface area contributed by atoms with Gasteiger partial charge in [0.25, 0.3) is 0 Å². The SMILES string of the molecule is CCN1CCCCC1CNC(=NC)N1CCC(c2cnn(C)c2)C1.I. The van der Waals surface area contributed by atoms with Crippen LogP contribution in [0.15, 0.2) is 17.4 Å². The molecule has 2 aliphatic rings. The number of hydrogen-bond acceptors (Lipinski definition) is 3. The fourth-order valence-corrected chi connectivity index (χ4v) is 4.12. The van der Waals surface area contributed by atoms with Gasteiger partial charge in [0.05, 0.1) is 6.20 Å². The number of guanidine groups is 1. The summed E-state index contributed by atoms with van der Waals surface area (Å²) in [6, 6.07) is 0.650. The lowest BCUT2D eigenvalue weighted by atomic mass is 10.0. The summed E-state index contributed by atoms with van der Waals surface area (Å²) in [4.78, 5) is 9.53. The number of likely N-dealkylation sites (N-methyl/N-ethyl adjacent to an activating group) is 1. The first-order chi connectivity index (χ1) is 11.7. The average molecular weight is 460 g/mol. The van der Waals surface area contributed by atoms with Gasteiger partial charge < -0.3 is 10.2 Å². The number of nitrogens with one attached hydrogen (secondary N) is 1. The smallest absolute Gasteiger partial charge is 0.193 e. The Kier molecular flexibility index (Phi) is 7.99. The second kappa shape index (κ2) is 9.75. The summed E-state index contributed by atoms with van der Waals surface area (Å²) in [6.45, 7) is 7.78. The second-order valence-corrected chi connectivity index (χ2v) is 7.09. The van der Waals surface area contributed by atoms with Crippen LogP contribution in [0.25, 0.3) is 0 Å². The number of piperidine rings is 1. The van der Waals surface area contributed by atoms with Crippen molar-refractivity contribution in [2.45, 2.75) is 44.6 Å². The number of aromatic nitrogens is 2. The summed E-state index contributed by atoms with van der Waals surface area (Å²) in [6.07, 6.45) is 9.33. The van der Waals surface area contributed by atoms with Crippen LogP contribution in [0.3, 0.4) is 0 Å². The fraction of sp³-hybridized carbons (Fsp3) is 0.778. The lowest BCUT2D eigenvalue weighted by Crippen LogP contribution is -2.49. The lowest BCUT2D eigenvalue weighted by Gasteiger charge is -2.35. The Balaban J connectivity index is 0.00000225. The molecule has 2 saturated heterocycles. The van der Waals surface area contributed by atoms with Gasteiger partial charge in [-0.15, -0.1) is 24.0 Å². The standard InChI is InChI=1S/C18H32N6.HI/c1-4-23-9-6-5-7-17(23)12-20-18(19-2)24-10-8-15(14-24)16-11-21-22(3)13-16;/h11,13,15,17H,4-10,12,14H2,1-3H3,(H,19,20);1H. The van der Waals surface area contributed by atoms with Gasteiger partial charge in [-0.3, -0.25) is 14.6 Å². The van der Waals surface area contributed by atoms with Gasteiger partial charge in [0.1, 0.15) is 0 Å². The largest absolute Gasteiger partial charge is 0.355 e. The zero-order valence-electron chi connectivity index (χ0n) is 15.8. The monoisotopic (exact) mass is 460 g/mol. The van der Waals surface area contributed by atoms with Gasteiger partial charge in [0.2, 0.25) is 0 Å². The van der Waals surface area contributed by atoms with Crippen LogP contribution in [0, 0.1) is 0 Å². The molecule has 1 aromatic rings. The van der Waals surface area contributed by atoms with Crippen LogP contribution in [-0.4, -0.2) is 71.4 Å². The summed E-state index contributed by atoms with van der Waals surface area (Å²) in [5.41, 5.74) is 1.35. The van der Waals surface area contributed by atoms with E-state index in [-0.39, 0.29) is 24.0 Å². The molecule has 25 heavy (non-hydrogen) atoms. The maximum absolute atomic E-state index is 4.53. The highest BCUT2D eigenvalue weighted by atomic mass is 127. The summed E-state index contributed by atoms with van der Waals surface area (Å²) in [5.74, 6) is 1.63. The van der Waals surface area contributed by atoms with Gasteiger partial charge >= 0.3 is 0 Å². The van der Waals surface area contributed by atoms with Crippen molar-refractivity contribution < 1.29 is 0 Å². The molecule has 0 radical (unpaired) electrons. The van der Waals surface area contributed by atoms with Crippen LogP contribution in [-0.2, 0) is 7.05 Å². The maximum Gasteiger partial charge on any atom is 0.193 e. The summed E-state index contributed by atoms with van der Waals surface area (Å²) in [5, 5.41) is 7.95. The highest BCUT2D eigenvalue weighted by Crippen LogP contribution is 2.26. The lowest BCUT2D eigenvalue weighted by molar-refractivity contribution is 0.157. The molecule has 2 aliphatic heterocycles. The Morgan fingerprint density at radius 1 is 1.32 bits per heavy atom. The van der Waals surface area contributed by atoms with Crippen LogP contribution < -0.4 is 5.32 Å². The van der Waals surface area contributed by atoms with E-state index >= 15 is 0 Å². The molecular formula is C18H33IN6. The van der Waals surface area contributed by atoms with E-state index in [1.54, 1.807) is 0 Å². The molecule has 1 N–H and O–H groups in total. The Morgan fingerprint density at radius 3 is 2.84 bits per heavy atom. The Hall–Kier alpha value is -0.830. The predicted molar refractivity (Wildman–Crippen MR) is 114 cm³/mol. The molecule has 1 aromatic heterocycles. The van der Waals surface area contributed by atoms with Crippen molar-refractivity contribution in [2.75, 3.05) is 39.8 Å². The van der Waals surface area contributed by atoms with E-state index in [4.69, 9.17) is 0 Å². The van der Waals surface area contributed by atoms with E-state index in [1.165, 1.54) is 37.8 Å². The number of rotatable bonds is 4. The molecule has 2 atom stereocenters. The third-order valence-corrected chi connectivity index (χ3v) is 5.55. The number of aryl methyl sites for hydroxylation is 1. The Bertz CT molecular complexity index is 558. The molecule has 0 aliphatic carbocycles. The minimum Gasteiger partial charge on any atom is -0.355 e. The first kappa shape index (κ1) is 20.5. The molecule has 3 rings (SSSR count). The fourth-order valence-electron chi connectivity index (χ4n) is 4.12. The molecule has 7 heteroatoms. The Morgan fingerprint density at radius 2 is 2.16 bits per heavy atom. The van der Waals surface area contributed by atoms with E-state index in [0.29, 0.717) is 12.0 Å². The van der Waals surface area contributed by atoms with Gasteiger partial charge in [-0.25, -0.2) is 0 Å². The zero-order chi connectivity index (χ0) is 16.9. The number of hydrogen-bond donors (Lipinski definition) is 1. The zero-order valence-corrected chi connectivity index (χ0v) is 18.1. The van der Waals surface area contributed by atoms with E-state index in [9.17, 15) is 0 Å². The molecule has 2 fully saturated rings. The quantitative estimate of drug-likeness (QED) is 0.426. The van der Waals surface area contributed by atoms with E-state index in [0.717, 1.165) is 32.1 Å². The molecule has 0 saturated carbocycles. The van der Waals surface area contributed by atoms with Gasteiger partial charge in [0.15, 0.2) is 5.96 Å². The summed E-state index contributed by atoms with van der Waals surface area (Å²) >= 11 is 0. The van der Waals surface area contributed by atoms with Gasteiger partial charge in [0, 0.05) is 51.9 Å². The Labute approximate surface area is 169 Å². The average Bonchev–Trinajstić information content (AvgIpc) is 3.25. The van der Waals surface area contributed by atoms with Crippen molar-refractivity contribution in [3.8, 4) is 0 Å². The molecule has 0 spiro atoms. The van der Waals surface area contributed by atoms with Crippen LogP contribution in [0.5, 0.6) is 0 Å². The first-order valence-electron chi connectivity index (χ1n) is 9.39. The van der Waals surface area contributed by atoms with Crippen molar-refractivity contribution in [3.05, 3.63) is 18.0 Å². The maximum atomic E-state index is 4.53. The first-order valence-corrected chi connectivity index (χ1v) is 9.39. The van der Waals surface area contributed by atoms with E-state index < -0.39 is 0 Å². The molecular weight excluding hydrogens is 427 g/mol. The van der Waals surface area contributed by atoms with Crippen LogP contribution >= 0.6 is 24.0 Å². The topological polar surface area (TPSA) is 48.7 Å². The highest BCUT2D eigenvalue weighted by molar-refractivity contribution is 14.0. The number of halogens is 1.